The summed E-state index contributed by atoms with van der Waals surface area (Å²) in [6, 6.07) is 4.33. The zero-order valence-corrected chi connectivity index (χ0v) is 27.1. The first kappa shape index (κ1) is 28.1. The van der Waals surface area contributed by atoms with Crippen LogP contribution in [0.15, 0.2) is 22.9 Å². The summed E-state index contributed by atoms with van der Waals surface area (Å²) in [5.41, 5.74) is 3.41. The molecule has 4 aromatic heterocycles. The smallest absolute Gasteiger partial charge is 0.260 e. The van der Waals surface area contributed by atoms with Crippen molar-refractivity contribution in [1.82, 2.24) is 0 Å². The van der Waals surface area contributed by atoms with Gasteiger partial charge in [0.2, 0.25) is 0 Å². The van der Waals surface area contributed by atoms with E-state index in [2.05, 4.69) is 50.6 Å². The lowest BCUT2D eigenvalue weighted by atomic mass is 9.98. The van der Waals surface area contributed by atoms with E-state index in [1.165, 1.54) is 31.6 Å². The van der Waals surface area contributed by atoms with Crippen molar-refractivity contribution < 1.29 is 9.59 Å². The maximum absolute atomic E-state index is 14.5. The second kappa shape index (κ2) is 11.7. The minimum Gasteiger partial charge on any atom is -0.305 e. The van der Waals surface area contributed by atoms with Crippen LogP contribution in [0, 0.1) is 11.8 Å². The topological polar surface area (TPSA) is 40.6 Å². The van der Waals surface area contributed by atoms with Gasteiger partial charge < -0.3 is 9.80 Å². The summed E-state index contributed by atoms with van der Waals surface area (Å²) in [6.07, 6.45) is 9.05. The van der Waals surface area contributed by atoms with Crippen LogP contribution < -0.4 is 9.80 Å². The number of rotatable bonds is 12. The zero-order chi connectivity index (χ0) is 28.0. The molecule has 8 heteroatoms. The van der Waals surface area contributed by atoms with Gasteiger partial charge in [0.05, 0.1) is 41.7 Å². The molecule has 0 fully saturated rings. The Hall–Kier alpha value is -2.00. The number of nitrogens with zero attached hydrogens (tertiary/aromatic N) is 2. The molecule has 0 radical (unpaired) electrons. The van der Waals surface area contributed by atoms with Crippen molar-refractivity contribution >= 4 is 98.5 Å². The average Bonchev–Trinajstić information content (AvgIpc) is 3.77. The first-order chi connectivity index (χ1) is 19.5. The second-order valence-corrected chi connectivity index (χ2v) is 15.1. The van der Waals surface area contributed by atoms with Crippen LogP contribution >= 0.6 is 45.3 Å². The lowest BCUT2D eigenvalue weighted by Crippen LogP contribution is -2.34. The van der Waals surface area contributed by atoms with Gasteiger partial charge in [-0.1, -0.05) is 66.2 Å². The highest BCUT2D eigenvalue weighted by Gasteiger charge is 2.46. The monoisotopic (exact) mass is 610 g/mol. The highest BCUT2D eigenvalue weighted by molar-refractivity contribution is 7.30. The predicted molar refractivity (Wildman–Crippen MR) is 178 cm³/mol. The van der Waals surface area contributed by atoms with Crippen molar-refractivity contribution in [2.75, 3.05) is 22.9 Å². The molecule has 0 aliphatic carbocycles. The molecule has 2 aliphatic rings. The van der Waals surface area contributed by atoms with Crippen LogP contribution in [0.25, 0.3) is 29.9 Å². The minimum absolute atomic E-state index is 0.0254. The highest BCUT2D eigenvalue weighted by atomic mass is 32.1. The van der Waals surface area contributed by atoms with E-state index >= 15 is 0 Å². The Bertz CT molecular complexity index is 1470. The maximum atomic E-state index is 14.5. The van der Waals surface area contributed by atoms with Crippen LogP contribution in [0.3, 0.4) is 0 Å². The van der Waals surface area contributed by atoms with Crippen LogP contribution in [0.1, 0.15) is 88.8 Å². The molecule has 2 atom stereocenters. The van der Waals surface area contributed by atoms with Gasteiger partial charge in [0.25, 0.3) is 11.8 Å². The van der Waals surface area contributed by atoms with E-state index in [0.29, 0.717) is 23.0 Å². The number of thiophene rings is 4. The lowest BCUT2D eigenvalue weighted by molar-refractivity contribution is -0.114. The maximum Gasteiger partial charge on any atom is 0.260 e. The van der Waals surface area contributed by atoms with Crippen molar-refractivity contribution in [2.24, 2.45) is 11.8 Å². The van der Waals surface area contributed by atoms with E-state index in [4.69, 9.17) is 0 Å². The molecule has 0 N–H and O–H groups in total. The molecule has 212 valence electrons. The highest BCUT2D eigenvalue weighted by Crippen LogP contribution is 2.57. The molecular formula is C32H38N2O2S4. The first-order valence-corrected chi connectivity index (χ1v) is 18.3. The molecule has 0 bridgehead atoms. The summed E-state index contributed by atoms with van der Waals surface area (Å²) in [5.74, 6) is 0.964. The van der Waals surface area contributed by atoms with Gasteiger partial charge in [-0.05, 0) is 47.6 Å². The standard InChI is InChI=1S/C32H38N2O2S4/c1-5-9-11-19(7-3)17-33-25-27-21(13-15-37-27)39-29(25)23(31(33)35)24-30-26(28-22(40-30)14-16-38-28)34(32(24)36)18-20(8-4)12-10-6-2/h13-16,19-20H,5-12,17-18H2,1-4H3/b24-23+. The molecule has 6 heterocycles. The molecule has 2 aliphatic heterocycles. The molecule has 6 rings (SSSR count). The van der Waals surface area contributed by atoms with E-state index in [9.17, 15) is 9.59 Å². The van der Waals surface area contributed by atoms with Crippen LogP contribution in [0.5, 0.6) is 0 Å². The average molecular weight is 611 g/mol. The Kier molecular flexibility index (Phi) is 8.23. The summed E-state index contributed by atoms with van der Waals surface area (Å²) < 4.78 is 4.81. The van der Waals surface area contributed by atoms with Crippen molar-refractivity contribution in [3.63, 3.8) is 0 Å². The summed E-state index contributed by atoms with van der Waals surface area (Å²) in [6.45, 7) is 10.4. The zero-order valence-electron chi connectivity index (χ0n) is 23.9. The summed E-state index contributed by atoms with van der Waals surface area (Å²) in [5, 5.41) is 4.25. The van der Waals surface area contributed by atoms with Crippen LogP contribution in [0.2, 0.25) is 0 Å². The van der Waals surface area contributed by atoms with Gasteiger partial charge in [0, 0.05) is 22.5 Å². The fraction of sp³-hybridized carbons (Fsp3) is 0.500. The SMILES string of the molecule is CCCCC(CC)CN1C(=O)/C(=C2/C(=O)N(CC(CC)CCCC)c3c2sc2ccsc32)c2sc3ccsc3c21. The Morgan fingerprint density at radius 2 is 1.10 bits per heavy atom. The Labute approximate surface area is 253 Å². The van der Waals surface area contributed by atoms with Crippen LogP contribution in [0.4, 0.5) is 11.4 Å². The Morgan fingerprint density at radius 1 is 0.675 bits per heavy atom. The number of hydrogen-bond acceptors (Lipinski definition) is 6. The number of carbonyl (C=O) groups excluding carboxylic acids is 2. The first-order valence-electron chi connectivity index (χ1n) is 14.9. The Morgan fingerprint density at radius 3 is 1.48 bits per heavy atom. The lowest BCUT2D eigenvalue weighted by Gasteiger charge is -2.24. The van der Waals surface area contributed by atoms with Crippen LogP contribution in [-0.4, -0.2) is 24.9 Å². The van der Waals surface area contributed by atoms with Crippen molar-refractivity contribution in [1.29, 1.82) is 0 Å². The third kappa shape index (κ3) is 4.59. The quantitative estimate of drug-likeness (QED) is 0.150. The number of unbranched alkanes of at least 4 members (excludes halogenated alkanes) is 2. The van der Waals surface area contributed by atoms with Gasteiger partial charge >= 0.3 is 0 Å². The van der Waals surface area contributed by atoms with Gasteiger partial charge in [-0.3, -0.25) is 9.59 Å². The molecule has 0 saturated carbocycles. The molecule has 0 spiro atoms. The third-order valence-electron chi connectivity index (χ3n) is 8.67. The summed E-state index contributed by atoms with van der Waals surface area (Å²) in [4.78, 5) is 35.0. The summed E-state index contributed by atoms with van der Waals surface area (Å²) in [7, 11) is 0. The summed E-state index contributed by atoms with van der Waals surface area (Å²) >= 11 is 6.81. The number of amides is 2. The van der Waals surface area contributed by atoms with Crippen molar-refractivity contribution in [3.05, 3.63) is 32.6 Å². The van der Waals surface area contributed by atoms with Gasteiger partial charge in [0.15, 0.2) is 0 Å². The fourth-order valence-electron chi connectivity index (χ4n) is 6.26. The molecule has 0 saturated heterocycles. The fourth-order valence-corrected chi connectivity index (χ4v) is 11.1. The van der Waals surface area contributed by atoms with E-state index < -0.39 is 0 Å². The predicted octanol–water partition coefficient (Wildman–Crippen LogP) is 10.3. The van der Waals surface area contributed by atoms with Crippen molar-refractivity contribution in [2.45, 2.75) is 79.1 Å². The minimum atomic E-state index is 0.0254. The molecule has 2 unspecified atom stereocenters. The molecule has 0 aromatic carbocycles. The number of fused-ring (bicyclic) bond motifs is 6. The van der Waals surface area contributed by atoms with Crippen molar-refractivity contribution in [3.8, 4) is 0 Å². The van der Waals surface area contributed by atoms with Gasteiger partial charge in [-0.15, -0.1) is 45.3 Å². The molecule has 4 aromatic rings. The van der Waals surface area contributed by atoms with Crippen LogP contribution in [-0.2, 0) is 9.59 Å². The van der Waals surface area contributed by atoms with E-state index in [-0.39, 0.29) is 11.8 Å². The number of anilines is 2. The van der Waals surface area contributed by atoms with Gasteiger partial charge in [-0.2, -0.15) is 0 Å². The Balaban J connectivity index is 1.49. The molecular weight excluding hydrogens is 573 g/mol. The largest absolute Gasteiger partial charge is 0.305 e. The second-order valence-electron chi connectivity index (χ2n) is 11.2. The van der Waals surface area contributed by atoms with E-state index in [1.807, 2.05) is 9.80 Å². The van der Waals surface area contributed by atoms with Gasteiger partial charge in [-0.25, -0.2) is 0 Å². The van der Waals surface area contributed by atoms with Gasteiger partial charge in [0.1, 0.15) is 0 Å². The third-order valence-corrected chi connectivity index (χ3v) is 13.1. The normalized spacial score (nSPS) is 18.5. The van der Waals surface area contributed by atoms with E-state index in [1.54, 1.807) is 45.3 Å². The number of carbonyl (C=O) groups is 2. The number of hydrogen-bond donors (Lipinski definition) is 0. The molecule has 4 nitrogen and oxygen atoms in total. The molecule has 2 amide bonds. The molecule has 40 heavy (non-hydrogen) atoms. The van der Waals surface area contributed by atoms with E-state index in [0.717, 1.165) is 72.7 Å².